The van der Waals surface area contributed by atoms with E-state index in [-0.39, 0.29) is 11.5 Å². The number of imidazole rings is 1. The number of ketones is 1. The number of aromatic amines is 1. The molecular weight excluding hydrogens is 270 g/mol. The number of carbonyl (C=O) groups is 1. The molecule has 6 nitrogen and oxygen atoms in total. The van der Waals surface area contributed by atoms with Gasteiger partial charge < -0.3 is 4.98 Å². The van der Waals surface area contributed by atoms with Gasteiger partial charge in [0.2, 0.25) is 0 Å². The Labute approximate surface area is 119 Å². The highest BCUT2D eigenvalue weighted by Crippen LogP contribution is 2.24. The van der Waals surface area contributed by atoms with Crippen LogP contribution in [0.5, 0.6) is 0 Å². The van der Waals surface area contributed by atoms with Crippen molar-refractivity contribution in [2.24, 2.45) is 0 Å². The van der Waals surface area contributed by atoms with E-state index in [1.807, 2.05) is 0 Å². The van der Waals surface area contributed by atoms with Gasteiger partial charge in [0.25, 0.3) is 5.69 Å². The van der Waals surface area contributed by atoms with E-state index in [4.69, 9.17) is 0 Å². The molecular formula is C15H11N3O3. The standard InChI is InChI=1S/C15H11N3O3/c1-9(19)10-2-4-11(5-3-10)15-16-13-7-6-12(18(20)21)8-14(13)17-15/h2-8H,1H3,(H,16,17). The van der Waals surface area contributed by atoms with Crippen molar-refractivity contribution in [3.8, 4) is 11.4 Å². The first-order chi connectivity index (χ1) is 10.0. The molecule has 0 aliphatic carbocycles. The second-order valence-electron chi connectivity index (χ2n) is 4.68. The molecule has 21 heavy (non-hydrogen) atoms. The zero-order valence-electron chi connectivity index (χ0n) is 11.2. The van der Waals surface area contributed by atoms with Crippen LogP contribution in [0.15, 0.2) is 42.5 Å². The van der Waals surface area contributed by atoms with Crippen LogP contribution < -0.4 is 0 Å². The maximum Gasteiger partial charge on any atom is 0.271 e. The summed E-state index contributed by atoms with van der Waals surface area (Å²) in [6.07, 6.45) is 0. The number of non-ortho nitro benzene ring substituents is 1. The van der Waals surface area contributed by atoms with Crippen molar-refractivity contribution < 1.29 is 9.72 Å². The number of carbonyl (C=O) groups excluding carboxylic acids is 1. The number of fused-ring (bicyclic) bond motifs is 1. The molecule has 104 valence electrons. The lowest BCUT2D eigenvalue weighted by atomic mass is 10.1. The lowest BCUT2D eigenvalue weighted by Gasteiger charge is -1.98. The Morgan fingerprint density at radius 3 is 2.52 bits per heavy atom. The first-order valence-electron chi connectivity index (χ1n) is 6.30. The van der Waals surface area contributed by atoms with E-state index in [1.165, 1.54) is 19.1 Å². The zero-order chi connectivity index (χ0) is 15.0. The van der Waals surface area contributed by atoms with E-state index in [9.17, 15) is 14.9 Å². The minimum absolute atomic E-state index is 0.00165. The molecule has 3 rings (SSSR count). The third-order valence-electron chi connectivity index (χ3n) is 3.24. The van der Waals surface area contributed by atoms with E-state index in [0.717, 1.165) is 5.56 Å². The van der Waals surface area contributed by atoms with Gasteiger partial charge in [-0.25, -0.2) is 4.98 Å². The van der Waals surface area contributed by atoms with E-state index in [0.29, 0.717) is 22.4 Å². The summed E-state index contributed by atoms with van der Waals surface area (Å²) in [4.78, 5) is 29.0. The molecule has 0 spiro atoms. The number of hydrogen-bond donors (Lipinski definition) is 1. The Hall–Kier alpha value is -3.02. The fourth-order valence-electron chi connectivity index (χ4n) is 2.11. The number of aromatic nitrogens is 2. The van der Waals surface area contributed by atoms with Gasteiger partial charge in [-0.3, -0.25) is 14.9 Å². The van der Waals surface area contributed by atoms with Crippen LogP contribution in [0, 0.1) is 10.1 Å². The molecule has 0 amide bonds. The summed E-state index contributed by atoms with van der Waals surface area (Å²) in [7, 11) is 0. The number of benzene rings is 2. The molecule has 0 fully saturated rings. The Morgan fingerprint density at radius 2 is 1.90 bits per heavy atom. The number of hydrogen-bond acceptors (Lipinski definition) is 4. The van der Waals surface area contributed by atoms with Crippen LogP contribution in [0.4, 0.5) is 5.69 Å². The number of rotatable bonds is 3. The van der Waals surface area contributed by atoms with Crippen molar-refractivity contribution in [3.05, 3.63) is 58.1 Å². The van der Waals surface area contributed by atoms with Crippen LogP contribution >= 0.6 is 0 Å². The van der Waals surface area contributed by atoms with Crippen molar-refractivity contribution in [1.82, 2.24) is 9.97 Å². The molecule has 1 heterocycles. The molecule has 1 aromatic heterocycles. The van der Waals surface area contributed by atoms with Gasteiger partial charge in [-0.05, 0) is 13.0 Å². The molecule has 2 aromatic carbocycles. The average molecular weight is 281 g/mol. The number of nitrogens with one attached hydrogen (secondary N) is 1. The van der Waals surface area contributed by atoms with Gasteiger partial charge in [-0.1, -0.05) is 24.3 Å². The average Bonchev–Trinajstić information content (AvgIpc) is 2.90. The monoisotopic (exact) mass is 281 g/mol. The predicted octanol–water partition coefficient (Wildman–Crippen LogP) is 3.34. The Kier molecular flexibility index (Phi) is 2.98. The summed E-state index contributed by atoms with van der Waals surface area (Å²) in [5.41, 5.74) is 2.73. The van der Waals surface area contributed by atoms with E-state index in [2.05, 4.69) is 9.97 Å². The van der Waals surface area contributed by atoms with Gasteiger partial charge in [-0.15, -0.1) is 0 Å². The van der Waals surface area contributed by atoms with Crippen LogP contribution in [0.1, 0.15) is 17.3 Å². The second-order valence-corrected chi connectivity index (χ2v) is 4.68. The third-order valence-corrected chi connectivity index (χ3v) is 3.24. The highest BCUT2D eigenvalue weighted by Gasteiger charge is 2.10. The molecule has 3 aromatic rings. The summed E-state index contributed by atoms with van der Waals surface area (Å²) in [6.45, 7) is 1.51. The lowest BCUT2D eigenvalue weighted by molar-refractivity contribution is -0.384. The summed E-state index contributed by atoms with van der Waals surface area (Å²) < 4.78 is 0. The van der Waals surface area contributed by atoms with E-state index < -0.39 is 4.92 Å². The largest absolute Gasteiger partial charge is 0.338 e. The smallest absolute Gasteiger partial charge is 0.271 e. The molecule has 0 aliphatic heterocycles. The molecule has 0 saturated heterocycles. The van der Waals surface area contributed by atoms with Crippen LogP contribution in [-0.4, -0.2) is 20.7 Å². The predicted molar refractivity (Wildman–Crippen MR) is 78.2 cm³/mol. The highest BCUT2D eigenvalue weighted by molar-refractivity contribution is 5.94. The van der Waals surface area contributed by atoms with Crippen molar-refractivity contribution in [2.45, 2.75) is 6.92 Å². The summed E-state index contributed by atoms with van der Waals surface area (Å²) in [5, 5.41) is 10.8. The Morgan fingerprint density at radius 1 is 1.19 bits per heavy atom. The van der Waals surface area contributed by atoms with Gasteiger partial charge in [0, 0.05) is 23.3 Å². The molecule has 1 N–H and O–H groups in total. The fraction of sp³-hybridized carbons (Fsp3) is 0.0667. The maximum atomic E-state index is 11.2. The van der Waals surface area contributed by atoms with Crippen molar-refractivity contribution in [3.63, 3.8) is 0 Å². The molecule has 0 aliphatic rings. The maximum absolute atomic E-state index is 11.2. The van der Waals surface area contributed by atoms with Gasteiger partial charge in [0.05, 0.1) is 16.0 Å². The summed E-state index contributed by atoms with van der Waals surface area (Å²) in [6, 6.07) is 11.5. The molecule has 6 heteroatoms. The third kappa shape index (κ3) is 2.38. The normalized spacial score (nSPS) is 10.7. The SMILES string of the molecule is CC(=O)c1ccc(-c2nc3ccc([N+](=O)[O-])cc3[nH]2)cc1. The Balaban J connectivity index is 2.04. The minimum atomic E-state index is -0.443. The van der Waals surface area contributed by atoms with Gasteiger partial charge in [0.15, 0.2) is 5.78 Å². The number of nitro benzene ring substituents is 1. The van der Waals surface area contributed by atoms with E-state index in [1.54, 1.807) is 30.3 Å². The quantitative estimate of drug-likeness (QED) is 0.453. The summed E-state index contributed by atoms with van der Waals surface area (Å²) in [5.74, 6) is 0.613. The molecule has 0 radical (unpaired) electrons. The minimum Gasteiger partial charge on any atom is -0.338 e. The second kappa shape index (κ2) is 4.82. The van der Waals surface area contributed by atoms with Crippen molar-refractivity contribution in [2.75, 3.05) is 0 Å². The van der Waals surface area contributed by atoms with Crippen LogP contribution in [0.3, 0.4) is 0 Å². The number of H-pyrrole nitrogens is 1. The van der Waals surface area contributed by atoms with Gasteiger partial charge >= 0.3 is 0 Å². The lowest BCUT2D eigenvalue weighted by Crippen LogP contribution is -1.91. The molecule has 0 bridgehead atoms. The van der Waals surface area contributed by atoms with Crippen molar-refractivity contribution >= 4 is 22.5 Å². The zero-order valence-corrected chi connectivity index (χ0v) is 11.2. The summed E-state index contributed by atoms with van der Waals surface area (Å²) >= 11 is 0. The number of Topliss-reactive ketones (excluding diaryl/α,β-unsaturated/α-hetero) is 1. The van der Waals surface area contributed by atoms with Gasteiger partial charge in [0.1, 0.15) is 5.82 Å². The molecule has 0 unspecified atom stereocenters. The van der Waals surface area contributed by atoms with Crippen LogP contribution in [-0.2, 0) is 0 Å². The topological polar surface area (TPSA) is 88.9 Å². The van der Waals surface area contributed by atoms with E-state index >= 15 is 0 Å². The number of nitrogens with zero attached hydrogens (tertiary/aromatic N) is 2. The highest BCUT2D eigenvalue weighted by atomic mass is 16.6. The fourth-order valence-corrected chi connectivity index (χ4v) is 2.11. The molecule has 0 atom stereocenters. The van der Waals surface area contributed by atoms with Crippen molar-refractivity contribution in [1.29, 1.82) is 0 Å². The number of nitro groups is 1. The Bertz CT molecular complexity index is 850. The van der Waals surface area contributed by atoms with Crippen LogP contribution in [0.25, 0.3) is 22.4 Å². The first kappa shape index (κ1) is 13.0. The van der Waals surface area contributed by atoms with Crippen LogP contribution in [0.2, 0.25) is 0 Å². The molecule has 0 saturated carbocycles. The first-order valence-corrected chi connectivity index (χ1v) is 6.30. The van der Waals surface area contributed by atoms with Gasteiger partial charge in [-0.2, -0.15) is 0 Å².